The van der Waals surface area contributed by atoms with E-state index in [0.29, 0.717) is 18.4 Å². The minimum Gasteiger partial charge on any atom is -0.496 e. The van der Waals surface area contributed by atoms with Gasteiger partial charge in [0.25, 0.3) is 0 Å². The number of para-hydroxylation sites is 1. The fourth-order valence-electron chi connectivity index (χ4n) is 2.54. The summed E-state index contributed by atoms with van der Waals surface area (Å²) in [4.78, 5) is 11.3. The van der Waals surface area contributed by atoms with Crippen LogP contribution in [0.5, 0.6) is 5.75 Å². The molecule has 2 aliphatic rings. The molecule has 0 radical (unpaired) electrons. The number of benzene rings is 1. The SMILES string of the molecule is CC.CC.COc1ccccc1C1C2C(=O)OC[C@@H]21. The van der Waals surface area contributed by atoms with Crippen molar-refractivity contribution >= 4 is 5.97 Å². The zero-order valence-corrected chi connectivity index (χ0v) is 12.5. The van der Waals surface area contributed by atoms with Crippen LogP contribution in [0.15, 0.2) is 24.3 Å². The van der Waals surface area contributed by atoms with Gasteiger partial charge >= 0.3 is 5.97 Å². The van der Waals surface area contributed by atoms with Crippen LogP contribution < -0.4 is 4.74 Å². The smallest absolute Gasteiger partial charge is 0.310 e. The van der Waals surface area contributed by atoms with Crippen LogP contribution >= 0.6 is 0 Å². The molecule has 2 fully saturated rings. The van der Waals surface area contributed by atoms with Gasteiger partial charge in [0.1, 0.15) is 5.75 Å². The lowest BCUT2D eigenvalue weighted by Crippen LogP contribution is -2.05. The summed E-state index contributed by atoms with van der Waals surface area (Å²) in [5.41, 5.74) is 1.15. The number of carbonyl (C=O) groups excluding carboxylic acids is 1. The normalized spacial score (nSPS) is 25.9. The Labute approximate surface area is 115 Å². The Morgan fingerprint density at radius 1 is 1.11 bits per heavy atom. The van der Waals surface area contributed by atoms with Gasteiger partial charge in [0.15, 0.2) is 0 Å². The van der Waals surface area contributed by atoms with Crippen LogP contribution in [0.1, 0.15) is 39.2 Å². The molecule has 1 saturated carbocycles. The van der Waals surface area contributed by atoms with Crippen molar-refractivity contribution in [3.05, 3.63) is 29.8 Å². The number of esters is 1. The molecule has 1 heterocycles. The van der Waals surface area contributed by atoms with E-state index in [1.165, 1.54) is 0 Å². The van der Waals surface area contributed by atoms with Crippen molar-refractivity contribution in [2.45, 2.75) is 33.6 Å². The van der Waals surface area contributed by atoms with Crippen LogP contribution in [0, 0.1) is 11.8 Å². The summed E-state index contributed by atoms with van der Waals surface area (Å²) < 4.78 is 10.3. The first-order chi connectivity index (χ1) is 9.33. The monoisotopic (exact) mass is 264 g/mol. The Morgan fingerprint density at radius 2 is 1.74 bits per heavy atom. The third kappa shape index (κ3) is 2.91. The molecule has 0 spiro atoms. The second kappa shape index (κ2) is 7.17. The molecule has 3 atom stereocenters. The first-order valence-electron chi connectivity index (χ1n) is 7.12. The van der Waals surface area contributed by atoms with E-state index >= 15 is 0 Å². The van der Waals surface area contributed by atoms with Crippen molar-refractivity contribution in [2.24, 2.45) is 11.8 Å². The molecule has 3 nitrogen and oxygen atoms in total. The van der Waals surface area contributed by atoms with Crippen LogP contribution in [-0.2, 0) is 9.53 Å². The molecule has 1 aliphatic heterocycles. The zero-order chi connectivity index (χ0) is 14.4. The van der Waals surface area contributed by atoms with Crippen LogP contribution in [0.2, 0.25) is 0 Å². The van der Waals surface area contributed by atoms with E-state index in [4.69, 9.17) is 9.47 Å². The second-order valence-corrected chi connectivity index (χ2v) is 4.09. The fourth-order valence-corrected chi connectivity index (χ4v) is 2.54. The van der Waals surface area contributed by atoms with Gasteiger partial charge in [0.05, 0.1) is 19.6 Å². The van der Waals surface area contributed by atoms with Gasteiger partial charge in [-0.25, -0.2) is 0 Å². The van der Waals surface area contributed by atoms with E-state index in [1.807, 2.05) is 52.0 Å². The largest absolute Gasteiger partial charge is 0.496 e. The van der Waals surface area contributed by atoms with E-state index in [-0.39, 0.29) is 11.9 Å². The number of hydrogen-bond donors (Lipinski definition) is 0. The lowest BCUT2D eigenvalue weighted by molar-refractivity contribution is -0.141. The molecule has 0 aromatic heterocycles. The van der Waals surface area contributed by atoms with Gasteiger partial charge in [-0.3, -0.25) is 4.79 Å². The Morgan fingerprint density at radius 3 is 2.26 bits per heavy atom. The third-order valence-electron chi connectivity index (χ3n) is 3.36. The van der Waals surface area contributed by atoms with E-state index in [0.717, 1.165) is 11.3 Å². The van der Waals surface area contributed by atoms with Gasteiger partial charge in [0, 0.05) is 11.8 Å². The van der Waals surface area contributed by atoms with Crippen molar-refractivity contribution in [1.82, 2.24) is 0 Å². The number of fused-ring (bicyclic) bond motifs is 1. The van der Waals surface area contributed by atoms with Crippen molar-refractivity contribution in [3.8, 4) is 5.75 Å². The Bertz CT molecular complexity index is 414. The highest BCUT2D eigenvalue weighted by Crippen LogP contribution is 2.59. The number of carbonyl (C=O) groups is 1. The first-order valence-corrected chi connectivity index (χ1v) is 7.12. The van der Waals surface area contributed by atoms with Gasteiger partial charge in [-0.05, 0) is 11.6 Å². The highest BCUT2D eigenvalue weighted by atomic mass is 16.5. The molecule has 0 N–H and O–H groups in total. The predicted molar refractivity (Wildman–Crippen MR) is 76.4 cm³/mol. The highest BCUT2D eigenvalue weighted by Gasteiger charge is 2.61. The van der Waals surface area contributed by atoms with E-state index in [2.05, 4.69) is 0 Å². The molecule has 19 heavy (non-hydrogen) atoms. The minimum atomic E-state index is -0.0455. The molecular weight excluding hydrogens is 240 g/mol. The summed E-state index contributed by atoms with van der Waals surface area (Å²) in [6.45, 7) is 8.58. The Hall–Kier alpha value is -1.51. The molecule has 1 aromatic carbocycles. The van der Waals surface area contributed by atoms with E-state index in [9.17, 15) is 4.79 Å². The van der Waals surface area contributed by atoms with Gasteiger partial charge in [0.2, 0.25) is 0 Å². The molecule has 1 aromatic rings. The second-order valence-electron chi connectivity index (χ2n) is 4.09. The number of cyclic esters (lactones) is 1. The molecule has 1 aliphatic carbocycles. The molecule has 2 unspecified atom stereocenters. The lowest BCUT2D eigenvalue weighted by atomic mass is 10.1. The highest BCUT2D eigenvalue weighted by molar-refractivity contribution is 5.81. The molecule has 3 heteroatoms. The molecule has 1 saturated heterocycles. The summed E-state index contributed by atoms with van der Waals surface area (Å²) in [6, 6.07) is 7.90. The molecular formula is C16H24O3. The minimum absolute atomic E-state index is 0.0455. The van der Waals surface area contributed by atoms with Gasteiger partial charge < -0.3 is 9.47 Å². The fraction of sp³-hybridized carbons (Fsp3) is 0.562. The van der Waals surface area contributed by atoms with Gasteiger partial charge in [-0.1, -0.05) is 45.9 Å². The topological polar surface area (TPSA) is 35.5 Å². The average molecular weight is 264 g/mol. The van der Waals surface area contributed by atoms with Crippen molar-refractivity contribution in [2.75, 3.05) is 13.7 Å². The predicted octanol–water partition coefficient (Wildman–Crippen LogP) is 3.63. The Kier molecular flexibility index (Phi) is 5.87. The summed E-state index contributed by atoms with van der Waals surface area (Å²) in [7, 11) is 1.66. The maximum absolute atomic E-state index is 11.3. The van der Waals surface area contributed by atoms with Crippen molar-refractivity contribution in [1.29, 1.82) is 0 Å². The average Bonchev–Trinajstić information content (AvgIpc) is 3.11. The molecule has 3 rings (SSSR count). The van der Waals surface area contributed by atoms with Crippen molar-refractivity contribution in [3.63, 3.8) is 0 Å². The van der Waals surface area contributed by atoms with Crippen LogP contribution in [0.4, 0.5) is 0 Å². The van der Waals surface area contributed by atoms with E-state index in [1.54, 1.807) is 7.11 Å². The Balaban J connectivity index is 0.000000415. The maximum Gasteiger partial charge on any atom is 0.310 e. The summed E-state index contributed by atoms with van der Waals surface area (Å²) in [5.74, 6) is 1.62. The summed E-state index contributed by atoms with van der Waals surface area (Å²) in [6.07, 6.45) is 0. The number of methoxy groups -OCH3 is 1. The van der Waals surface area contributed by atoms with Gasteiger partial charge in [-0.15, -0.1) is 0 Å². The van der Waals surface area contributed by atoms with Crippen LogP contribution in [0.3, 0.4) is 0 Å². The molecule has 106 valence electrons. The number of ether oxygens (including phenoxy) is 2. The van der Waals surface area contributed by atoms with Crippen LogP contribution in [0.25, 0.3) is 0 Å². The maximum atomic E-state index is 11.3. The number of rotatable bonds is 2. The van der Waals surface area contributed by atoms with Crippen LogP contribution in [-0.4, -0.2) is 19.7 Å². The molecule has 0 bridgehead atoms. The zero-order valence-electron chi connectivity index (χ0n) is 12.5. The lowest BCUT2D eigenvalue weighted by Gasteiger charge is -2.09. The van der Waals surface area contributed by atoms with Gasteiger partial charge in [-0.2, -0.15) is 0 Å². The standard InChI is InChI=1S/C12H12O3.2C2H6/c1-14-9-5-3-2-4-7(9)10-8-6-15-12(13)11(8)10;2*1-2/h2-5,8,10-11H,6H2,1H3;2*1-2H3/t8-,10?,11?;;/m1../s1. The quantitative estimate of drug-likeness (QED) is 0.765. The molecule has 0 amide bonds. The summed E-state index contributed by atoms with van der Waals surface area (Å²) in [5, 5.41) is 0. The third-order valence-corrected chi connectivity index (χ3v) is 3.36. The number of hydrogen-bond acceptors (Lipinski definition) is 3. The van der Waals surface area contributed by atoms with Crippen molar-refractivity contribution < 1.29 is 14.3 Å². The summed E-state index contributed by atoms with van der Waals surface area (Å²) >= 11 is 0. The van der Waals surface area contributed by atoms with E-state index < -0.39 is 0 Å². The first kappa shape index (κ1) is 15.5.